The van der Waals surface area contributed by atoms with Crippen molar-refractivity contribution >= 4 is 0 Å². The first-order chi connectivity index (χ1) is 7.69. The van der Waals surface area contributed by atoms with Crippen LogP contribution in [-0.4, -0.2) is 37.2 Å². The SMILES string of the molecule is CC(C)C1CC(N2CCCC3(COC3)C2)C1. The largest absolute Gasteiger partial charge is 0.380 e. The molecule has 3 rings (SSSR count). The first-order valence-electron chi connectivity index (χ1n) is 7.00. The van der Waals surface area contributed by atoms with E-state index >= 15 is 0 Å². The highest BCUT2D eigenvalue weighted by Gasteiger charge is 2.45. The molecule has 2 nitrogen and oxygen atoms in total. The average Bonchev–Trinajstić information content (AvgIpc) is 2.13. The fourth-order valence-electron chi connectivity index (χ4n) is 3.66. The lowest BCUT2D eigenvalue weighted by Crippen LogP contribution is -2.58. The molecule has 1 saturated carbocycles. The van der Waals surface area contributed by atoms with E-state index in [0.717, 1.165) is 31.1 Å². The molecule has 2 saturated heterocycles. The first-order valence-corrected chi connectivity index (χ1v) is 7.00. The Hall–Kier alpha value is -0.0800. The number of nitrogens with zero attached hydrogens (tertiary/aromatic N) is 1. The van der Waals surface area contributed by atoms with Gasteiger partial charge in [0.15, 0.2) is 0 Å². The van der Waals surface area contributed by atoms with Crippen LogP contribution in [0.2, 0.25) is 0 Å². The molecular formula is C14H25NO. The topological polar surface area (TPSA) is 12.5 Å². The van der Waals surface area contributed by atoms with Crippen LogP contribution in [0.5, 0.6) is 0 Å². The Morgan fingerprint density at radius 1 is 1.25 bits per heavy atom. The standard InChI is InChI=1S/C14H25NO/c1-11(2)12-6-13(7-12)15-5-3-4-14(8-15)9-16-10-14/h11-13H,3-10H2,1-2H3. The highest BCUT2D eigenvalue weighted by atomic mass is 16.5. The van der Waals surface area contributed by atoms with Crippen molar-refractivity contribution < 1.29 is 4.74 Å². The number of likely N-dealkylation sites (tertiary alicyclic amines) is 1. The summed E-state index contributed by atoms with van der Waals surface area (Å²) in [6.07, 6.45) is 5.71. The molecule has 1 spiro atoms. The third-order valence-corrected chi connectivity index (χ3v) is 5.12. The van der Waals surface area contributed by atoms with Crippen LogP contribution in [0.4, 0.5) is 0 Å². The van der Waals surface area contributed by atoms with Gasteiger partial charge in [-0.25, -0.2) is 0 Å². The van der Waals surface area contributed by atoms with Crippen molar-refractivity contribution in [3.8, 4) is 0 Å². The molecule has 16 heavy (non-hydrogen) atoms. The van der Waals surface area contributed by atoms with Gasteiger partial charge in [0.25, 0.3) is 0 Å². The monoisotopic (exact) mass is 223 g/mol. The highest BCUT2D eigenvalue weighted by Crippen LogP contribution is 2.43. The highest BCUT2D eigenvalue weighted by molar-refractivity contribution is 4.97. The summed E-state index contributed by atoms with van der Waals surface area (Å²) in [7, 11) is 0. The van der Waals surface area contributed by atoms with Gasteiger partial charge in [-0.05, 0) is 44.1 Å². The third kappa shape index (κ3) is 1.80. The molecule has 0 radical (unpaired) electrons. The predicted octanol–water partition coefficient (Wildman–Crippen LogP) is 2.53. The van der Waals surface area contributed by atoms with E-state index in [4.69, 9.17) is 4.74 Å². The van der Waals surface area contributed by atoms with Crippen LogP contribution in [0.3, 0.4) is 0 Å². The predicted molar refractivity (Wildman–Crippen MR) is 65.4 cm³/mol. The minimum atomic E-state index is 0.571. The van der Waals surface area contributed by atoms with Crippen LogP contribution in [0.15, 0.2) is 0 Å². The van der Waals surface area contributed by atoms with E-state index in [1.54, 1.807) is 0 Å². The fraction of sp³-hybridized carbons (Fsp3) is 1.00. The van der Waals surface area contributed by atoms with Gasteiger partial charge in [-0.2, -0.15) is 0 Å². The van der Waals surface area contributed by atoms with Gasteiger partial charge in [0, 0.05) is 18.0 Å². The molecule has 2 heteroatoms. The lowest BCUT2D eigenvalue weighted by atomic mass is 9.70. The van der Waals surface area contributed by atoms with E-state index in [1.165, 1.54) is 38.8 Å². The quantitative estimate of drug-likeness (QED) is 0.713. The Labute approximate surface area is 99.3 Å². The molecule has 3 aliphatic rings. The Kier molecular flexibility index (Phi) is 2.75. The summed E-state index contributed by atoms with van der Waals surface area (Å²) in [5, 5.41) is 0. The summed E-state index contributed by atoms with van der Waals surface area (Å²) in [5.74, 6) is 1.89. The van der Waals surface area contributed by atoms with E-state index in [1.807, 2.05) is 0 Å². The van der Waals surface area contributed by atoms with Crippen molar-refractivity contribution in [1.82, 2.24) is 4.90 Å². The lowest BCUT2D eigenvalue weighted by molar-refractivity contribution is -0.155. The normalized spacial score (nSPS) is 38.4. The van der Waals surface area contributed by atoms with Gasteiger partial charge in [-0.15, -0.1) is 0 Å². The van der Waals surface area contributed by atoms with Gasteiger partial charge in [0.05, 0.1) is 13.2 Å². The molecule has 0 bridgehead atoms. The van der Waals surface area contributed by atoms with Crippen molar-refractivity contribution in [1.29, 1.82) is 0 Å². The van der Waals surface area contributed by atoms with Crippen LogP contribution in [0.1, 0.15) is 39.5 Å². The second-order valence-corrected chi connectivity index (χ2v) is 6.70. The fourth-order valence-corrected chi connectivity index (χ4v) is 3.66. The maximum absolute atomic E-state index is 5.43. The maximum atomic E-state index is 5.43. The number of hydrogen-bond donors (Lipinski definition) is 0. The van der Waals surface area contributed by atoms with Crippen molar-refractivity contribution in [2.45, 2.75) is 45.6 Å². The first kappa shape index (κ1) is 11.0. The maximum Gasteiger partial charge on any atom is 0.0557 e. The molecule has 0 atom stereocenters. The van der Waals surface area contributed by atoms with Crippen LogP contribution in [-0.2, 0) is 4.74 Å². The van der Waals surface area contributed by atoms with Crippen molar-refractivity contribution in [2.75, 3.05) is 26.3 Å². The van der Waals surface area contributed by atoms with Crippen molar-refractivity contribution in [3.05, 3.63) is 0 Å². The second kappa shape index (κ2) is 3.99. The summed E-state index contributed by atoms with van der Waals surface area (Å²) in [6.45, 7) is 9.48. The average molecular weight is 223 g/mol. The Bertz CT molecular complexity index is 253. The van der Waals surface area contributed by atoms with Gasteiger partial charge in [-0.1, -0.05) is 13.8 Å². The zero-order valence-corrected chi connectivity index (χ0v) is 10.7. The smallest absolute Gasteiger partial charge is 0.0557 e. The summed E-state index contributed by atoms with van der Waals surface area (Å²) in [6, 6.07) is 0.908. The van der Waals surface area contributed by atoms with Gasteiger partial charge in [0.2, 0.25) is 0 Å². The number of ether oxygens (including phenoxy) is 1. The zero-order chi connectivity index (χ0) is 11.2. The van der Waals surface area contributed by atoms with Crippen molar-refractivity contribution in [2.24, 2.45) is 17.3 Å². The lowest BCUT2D eigenvalue weighted by Gasteiger charge is -2.53. The Morgan fingerprint density at radius 2 is 2.00 bits per heavy atom. The van der Waals surface area contributed by atoms with Crippen LogP contribution < -0.4 is 0 Å². The van der Waals surface area contributed by atoms with Crippen LogP contribution >= 0.6 is 0 Å². The summed E-state index contributed by atoms with van der Waals surface area (Å²) < 4.78 is 5.43. The van der Waals surface area contributed by atoms with Crippen molar-refractivity contribution in [3.63, 3.8) is 0 Å². The van der Waals surface area contributed by atoms with Gasteiger partial charge in [0.1, 0.15) is 0 Å². The minimum Gasteiger partial charge on any atom is -0.380 e. The molecule has 1 aliphatic carbocycles. The second-order valence-electron chi connectivity index (χ2n) is 6.70. The summed E-state index contributed by atoms with van der Waals surface area (Å²) >= 11 is 0. The van der Waals surface area contributed by atoms with E-state index < -0.39 is 0 Å². The minimum absolute atomic E-state index is 0.571. The molecule has 3 fully saturated rings. The molecule has 92 valence electrons. The van der Waals surface area contributed by atoms with E-state index in [-0.39, 0.29) is 0 Å². The zero-order valence-electron chi connectivity index (χ0n) is 10.7. The summed E-state index contributed by atoms with van der Waals surface area (Å²) in [5.41, 5.74) is 0.571. The molecule has 0 aromatic rings. The van der Waals surface area contributed by atoms with Crippen LogP contribution in [0, 0.1) is 17.3 Å². The molecule has 0 N–H and O–H groups in total. The van der Waals surface area contributed by atoms with E-state index in [0.29, 0.717) is 5.41 Å². The number of hydrogen-bond acceptors (Lipinski definition) is 2. The van der Waals surface area contributed by atoms with Gasteiger partial charge >= 0.3 is 0 Å². The van der Waals surface area contributed by atoms with E-state index in [9.17, 15) is 0 Å². The molecule has 2 heterocycles. The van der Waals surface area contributed by atoms with Gasteiger partial charge < -0.3 is 4.74 Å². The molecule has 2 aliphatic heterocycles. The van der Waals surface area contributed by atoms with E-state index in [2.05, 4.69) is 18.7 Å². The third-order valence-electron chi connectivity index (χ3n) is 5.12. The molecule has 0 aromatic heterocycles. The number of rotatable bonds is 2. The molecule has 0 amide bonds. The Morgan fingerprint density at radius 3 is 2.56 bits per heavy atom. The molecule has 0 unspecified atom stereocenters. The van der Waals surface area contributed by atoms with Crippen LogP contribution in [0.25, 0.3) is 0 Å². The van der Waals surface area contributed by atoms with Gasteiger partial charge in [-0.3, -0.25) is 4.90 Å². The Balaban J connectivity index is 1.52. The number of piperidine rings is 1. The molecule has 0 aromatic carbocycles. The summed E-state index contributed by atoms with van der Waals surface area (Å²) in [4.78, 5) is 2.77. The molecular weight excluding hydrogens is 198 g/mol.